The number of nitrogens with zero attached hydrogens (tertiary/aromatic N) is 1. The molecule has 2 aromatic carbocycles. The first kappa shape index (κ1) is 26.7. The van der Waals surface area contributed by atoms with E-state index in [1.54, 1.807) is 0 Å². The molecule has 2 N–H and O–H groups in total. The van der Waals surface area contributed by atoms with Crippen LogP contribution in [0.15, 0.2) is 54.6 Å². The van der Waals surface area contributed by atoms with E-state index in [1.165, 1.54) is 11.1 Å². The number of benzene rings is 2. The fourth-order valence-electron chi connectivity index (χ4n) is 5.44. The molecule has 0 spiro atoms. The molecule has 0 radical (unpaired) electrons. The van der Waals surface area contributed by atoms with E-state index in [0.29, 0.717) is 25.5 Å². The number of aromatic nitrogens is 1. The number of aliphatic carboxylic acids is 1. The Morgan fingerprint density at radius 2 is 1.90 bits per heavy atom. The summed E-state index contributed by atoms with van der Waals surface area (Å²) in [4.78, 5) is 27.3. The number of carboxylic acids is 1. The van der Waals surface area contributed by atoms with Crippen molar-refractivity contribution in [1.82, 2.24) is 10.3 Å². The van der Waals surface area contributed by atoms with Crippen LogP contribution in [-0.2, 0) is 20.7 Å². The van der Waals surface area contributed by atoms with E-state index in [2.05, 4.69) is 34.6 Å². The average molecular weight is 531 g/mol. The molecule has 0 bridgehead atoms. The predicted octanol–water partition coefficient (Wildman–Crippen LogP) is 5.33. The first-order chi connectivity index (χ1) is 18.9. The van der Waals surface area contributed by atoms with E-state index in [-0.39, 0.29) is 24.5 Å². The van der Waals surface area contributed by atoms with Gasteiger partial charge in [-0.2, -0.15) is 0 Å². The minimum atomic E-state index is -0.890. The second-order valence-electron chi connectivity index (χ2n) is 10.0. The Balaban J connectivity index is 1.28. The Labute approximate surface area is 228 Å². The number of carbonyl (C=O) groups excluding carboxylic acids is 1. The van der Waals surface area contributed by atoms with Crippen LogP contribution in [0.25, 0.3) is 11.1 Å². The molecule has 5 rings (SSSR count). The molecular formula is C31H34N2O6. The van der Waals surface area contributed by atoms with Crippen molar-refractivity contribution < 1.29 is 28.9 Å². The second kappa shape index (κ2) is 11.9. The van der Waals surface area contributed by atoms with Gasteiger partial charge in [-0.15, -0.1) is 0 Å². The standard InChI is InChI=1S/C31H34N2O6/c1-3-37-28(17-31(35)36)20-7-10-22(11-8-20)39-27-14-12-25-24(5-4-6-26(25)27)23-13-16-30(32-19(23)2)38-18-21-9-15-29(34)33-21/h4-8,10-11,13,16,21,27-28H,3,9,12,14-15,17-18H2,1-2H3,(H,33,34)(H,35,36)/t21-,27-,28+/m1/s1. The Bertz CT molecular complexity index is 1340. The highest BCUT2D eigenvalue weighted by molar-refractivity contribution is 5.78. The lowest BCUT2D eigenvalue weighted by molar-refractivity contribution is -0.140. The van der Waals surface area contributed by atoms with Gasteiger partial charge in [0.1, 0.15) is 18.5 Å². The van der Waals surface area contributed by atoms with Crippen LogP contribution in [0.4, 0.5) is 0 Å². The van der Waals surface area contributed by atoms with Crippen LogP contribution in [0.3, 0.4) is 0 Å². The monoisotopic (exact) mass is 530 g/mol. The van der Waals surface area contributed by atoms with Crippen molar-refractivity contribution in [3.8, 4) is 22.8 Å². The molecule has 2 aliphatic rings. The molecular weight excluding hydrogens is 496 g/mol. The maximum atomic E-state index is 11.4. The summed E-state index contributed by atoms with van der Waals surface area (Å²) < 4.78 is 17.9. The largest absolute Gasteiger partial charge is 0.486 e. The number of rotatable bonds is 11. The molecule has 2 heterocycles. The topological polar surface area (TPSA) is 107 Å². The predicted molar refractivity (Wildman–Crippen MR) is 146 cm³/mol. The first-order valence-corrected chi connectivity index (χ1v) is 13.5. The number of amides is 1. The smallest absolute Gasteiger partial charge is 0.306 e. The van der Waals surface area contributed by atoms with Gasteiger partial charge < -0.3 is 24.6 Å². The van der Waals surface area contributed by atoms with Crippen molar-refractivity contribution >= 4 is 11.9 Å². The highest BCUT2D eigenvalue weighted by Crippen LogP contribution is 2.41. The lowest BCUT2D eigenvalue weighted by Gasteiger charge is -2.18. The van der Waals surface area contributed by atoms with Crippen molar-refractivity contribution in [2.45, 2.75) is 64.2 Å². The normalized spacial score (nSPS) is 18.9. The molecule has 1 aromatic heterocycles. The van der Waals surface area contributed by atoms with Crippen LogP contribution in [0.5, 0.6) is 11.6 Å². The van der Waals surface area contributed by atoms with Gasteiger partial charge in [-0.05, 0) is 73.6 Å². The summed E-state index contributed by atoms with van der Waals surface area (Å²) in [6, 6.07) is 17.8. The Hall–Kier alpha value is -3.91. The number of carboxylic acid groups (broad SMARTS) is 1. The summed E-state index contributed by atoms with van der Waals surface area (Å²) in [5, 5.41) is 12.1. The maximum Gasteiger partial charge on any atom is 0.306 e. The number of hydrogen-bond donors (Lipinski definition) is 2. The molecule has 1 aliphatic heterocycles. The minimum Gasteiger partial charge on any atom is -0.486 e. The van der Waals surface area contributed by atoms with Crippen molar-refractivity contribution in [2.75, 3.05) is 13.2 Å². The number of fused-ring (bicyclic) bond motifs is 1. The number of aryl methyl sites for hydroxylation is 1. The third-order valence-electron chi connectivity index (χ3n) is 7.34. The molecule has 39 heavy (non-hydrogen) atoms. The van der Waals surface area contributed by atoms with Crippen LogP contribution in [0, 0.1) is 6.92 Å². The molecule has 0 unspecified atom stereocenters. The quantitative estimate of drug-likeness (QED) is 0.345. The zero-order valence-corrected chi connectivity index (χ0v) is 22.3. The molecule has 3 atom stereocenters. The van der Waals surface area contributed by atoms with Crippen molar-refractivity contribution in [2.24, 2.45) is 0 Å². The Morgan fingerprint density at radius 3 is 2.59 bits per heavy atom. The lowest BCUT2D eigenvalue weighted by atomic mass is 9.96. The zero-order chi connectivity index (χ0) is 27.4. The van der Waals surface area contributed by atoms with Gasteiger partial charge >= 0.3 is 5.97 Å². The van der Waals surface area contributed by atoms with Gasteiger partial charge in [-0.1, -0.05) is 30.3 Å². The average Bonchev–Trinajstić information content (AvgIpc) is 3.53. The second-order valence-corrected chi connectivity index (χ2v) is 10.0. The summed E-state index contributed by atoms with van der Waals surface area (Å²) >= 11 is 0. The van der Waals surface area contributed by atoms with Gasteiger partial charge in [0.15, 0.2) is 0 Å². The van der Waals surface area contributed by atoms with E-state index in [0.717, 1.165) is 47.4 Å². The van der Waals surface area contributed by atoms with E-state index in [4.69, 9.17) is 14.2 Å². The zero-order valence-electron chi connectivity index (χ0n) is 22.3. The van der Waals surface area contributed by atoms with Gasteiger partial charge in [0.05, 0.1) is 18.6 Å². The van der Waals surface area contributed by atoms with Crippen LogP contribution in [-0.4, -0.2) is 41.2 Å². The van der Waals surface area contributed by atoms with Gasteiger partial charge in [0.2, 0.25) is 11.8 Å². The van der Waals surface area contributed by atoms with Crippen LogP contribution in [0.2, 0.25) is 0 Å². The number of pyridine rings is 1. The fourth-order valence-corrected chi connectivity index (χ4v) is 5.44. The van der Waals surface area contributed by atoms with E-state index >= 15 is 0 Å². The summed E-state index contributed by atoms with van der Waals surface area (Å²) in [6.45, 7) is 4.71. The Kier molecular flexibility index (Phi) is 8.12. The number of nitrogens with one attached hydrogen (secondary N) is 1. The van der Waals surface area contributed by atoms with Crippen LogP contribution >= 0.6 is 0 Å². The minimum absolute atomic E-state index is 0.0423. The Morgan fingerprint density at radius 1 is 1.08 bits per heavy atom. The maximum absolute atomic E-state index is 11.4. The summed E-state index contributed by atoms with van der Waals surface area (Å²) in [6.07, 6.45) is 2.49. The highest BCUT2D eigenvalue weighted by atomic mass is 16.5. The van der Waals surface area contributed by atoms with Gasteiger partial charge in [-0.3, -0.25) is 9.59 Å². The lowest BCUT2D eigenvalue weighted by Crippen LogP contribution is -2.31. The molecule has 8 heteroatoms. The third kappa shape index (κ3) is 6.23. The number of hydrogen-bond acceptors (Lipinski definition) is 6. The van der Waals surface area contributed by atoms with E-state index in [1.807, 2.05) is 44.2 Å². The molecule has 204 valence electrons. The van der Waals surface area contributed by atoms with Crippen molar-refractivity contribution in [3.05, 3.63) is 77.0 Å². The molecule has 1 aliphatic carbocycles. The van der Waals surface area contributed by atoms with Gasteiger partial charge in [-0.25, -0.2) is 4.98 Å². The number of carbonyl (C=O) groups is 2. The van der Waals surface area contributed by atoms with Gasteiger partial charge in [0, 0.05) is 30.4 Å². The molecule has 1 saturated heterocycles. The molecule has 1 fully saturated rings. The third-order valence-corrected chi connectivity index (χ3v) is 7.34. The van der Waals surface area contributed by atoms with E-state index < -0.39 is 12.1 Å². The molecule has 8 nitrogen and oxygen atoms in total. The molecule has 0 saturated carbocycles. The van der Waals surface area contributed by atoms with Crippen LogP contribution < -0.4 is 14.8 Å². The first-order valence-electron chi connectivity index (χ1n) is 13.5. The molecule has 1 amide bonds. The molecule has 3 aromatic rings. The number of ether oxygens (including phenoxy) is 3. The summed E-state index contributed by atoms with van der Waals surface area (Å²) in [5.74, 6) is 0.486. The van der Waals surface area contributed by atoms with Crippen molar-refractivity contribution in [3.63, 3.8) is 0 Å². The SMILES string of the molecule is CCO[C@@H](CC(=O)O)c1ccc(O[C@@H]2CCc3c(-c4ccc(OC[C@H]5CCC(=O)N5)nc4C)cccc32)cc1. The summed E-state index contributed by atoms with van der Waals surface area (Å²) in [5.41, 5.74) is 6.38. The summed E-state index contributed by atoms with van der Waals surface area (Å²) in [7, 11) is 0. The van der Waals surface area contributed by atoms with Crippen LogP contribution in [0.1, 0.15) is 67.2 Å². The van der Waals surface area contributed by atoms with E-state index in [9.17, 15) is 14.7 Å². The van der Waals surface area contributed by atoms with Gasteiger partial charge in [0.25, 0.3) is 0 Å². The highest BCUT2D eigenvalue weighted by Gasteiger charge is 2.27. The van der Waals surface area contributed by atoms with Crippen molar-refractivity contribution in [1.29, 1.82) is 0 Å². The fraction of sp³-hybridized carbons (Fsp3) is 0.387.